The molecule has 2 N–H and O–H groups in total. The smallest absolute Gasteiger partial charge is 0.307 e. The normalized spacial score (nSPS) is 37.0. The third-order valence-corrected chi connectivity index (χ3v) is 2.01. The van der Waals surface area contributed by atoms with Crippen molar-refractivity contribution in [3.05, 3.63) is 0 Å². The number of rotatable bonds is 2. The highest BCUT2D eigenvalue weighted by molar-refractivity contribution is 5.75. The molecule has 61 valence electrons. The molecular formula is C7H9O4. The van der Waals surface area contributed by atoms with E-state index in [1.165, 1.54) is 0 Å². The van der Waals surface area contributed by atoms with Gasteiger partial charge in [-0.15, -0.1) is 0 Å². The molecule has 1 aliphatic rings. The Morgan fingerprint density at radius 3 is 2.45 bits per heavy atom. The van der Waals surface area contributed by atoms with E-state index in [-0.39, 0.29) is 12.8 Å². The molecule has 1 radical (unpaired) electrons. The molecule has 0 aliphatic heterocycles. The Hall–Kier alpha value is -0.900. The van der Waals surface area contributed by atoms with Crippen molar-refractivity contribution >= 4 is 12.3 Å². The van der Waals surface area contributed by atoms with Gasteiger partial charge in [-0.3, -0.25) is 9.59 Å². The number of hydrogen-bond donors (Lipinski definition) is 2. The van der Waals surface area contributed by atoms with Crippen LogP contribution in [0.4, 0.5) is 0 Å². The standard InChI is InChI=1S/C7H9O4/c8-3-4-1-5(9)2-6(4)7(10)11/h4-6,9H,1-2H2,(H,10,11). The quantitative estimate of drug-likeness (QED) is 0.570. The Labute approximate surface area is 63.8 Å². The lowest BCUT2D eigenvalue weighted by Crippen LogP contribution is -2.18. The second kappa shape index (κ2) is 3.00. The molecule has 4 heteroatoms. The van der Waals surface area contributed by atoms with Crippen LogP contribution in [0.2, 0.25) is 0 Å². The SMILES string of the molecule is O=[C]C1CC(O)CC1C(=O)O. The minimum absolute atomic E-state index is 0.176. The van der Waals surface area contributed by atoms with Gasteiger partial charge < -0.3 is 10.2 Å². The number of carbonyl (C=O) groups excluding carboxylic acids is 1. The molecule has 0 saturated heterocycles. The van der Waals surface area contributed by atoms with Crippen LogP contribution < -0.4 is 0 Å². The summed E-state index contributed by atoms with van der Waals surface area (Å²) in [5.41, 5.74) is 0. The van der Waals surface area contributed by atoms with Crippen molar-refractivity contribution in [3.63, 3.8) is 0 Å². The van der Waals surface area contributed by atoms with Gasteiger partial charge in [0, 0.05) is 5.92 Å². The van der Waals surface area contributed by atoms with Crippen LogP contribution in [0, 0.1) is 11.8 Å². The largest absolute Gasteiger partial charge is 0.481 e. The van der Waals surface area contributed by atoms with Crippen molar-refractivity contribution in [2.24, 2.45) is 11.8 Å². The number of aliphatic hydroxyl groups is 1. The van der Waals surface area contributed by atoms with Crippen LogP contribution in [0.3, 0.4) is 0 Å². The first-order valence-corrected chi connectivity index (χ1v) is 3.43. The van der Waals surface area contributed by atoms with Crippen molar-refractivity contribution in [1.29, 1.82) is 0 Å². The van der Waals surface area contributed by atoms with E-state index in [1.54, 1.807) is 6.29 Å². The maximum absolute atomic E-state index is 10.4. The molecule has 1 saturated carbocycles. The molecule has 0 aromatic rings. The maximum Gasteiger partial charge on any atom is 0.307 e. The number of carboxylic acid groups (broad SMARTS) is 1. The average molecular weight is 157 g/mol. The van der Waals surface area contributed by atoms with Gasteiger partial charge in [0.15, 0.2) is 0 Å². The van der Waals surface area contributed by atoms with Crippen molar-refractivity contribution in [3.8, 4) is 0 Å². The summed E-state index contributed by atoms with van der Waals surface area (Å²) in [6, 6.07) is 0. The molecule has 1 aliphatic carbocycles. The summed E-state index contributed by atoms with van der Waals surface area (Å²) in [5, 5.41) is 17.6. The summed E-state index contributed by atoms with van der Waals surface area (Å²) in [5.74, 6) is -2.38. The maximum atomic E-state index is 10.4. The summed E-state index contributed by atoms with van der Waals surface area (Å²) in [6.07, 6.45) is 1.40. The van der Waals surface area contributed by atoms with Crippen molar-refractivity contribution in [1.82, 2.24) is 0 Å². The van der Waals surface area contributed by atoms with Gasteiger partial charge >= 0.3 is 5.97 Å². The molecule has 11 heavy (non-hydrogen) atoms. The Kier molecular flexibility index (Phi) is 2.24. The van der Waals surface area contributed by atoms with Gasteiger partial charge in [0.05, 0.1) is 12.0 Å². The summed E-state index contributed by atoms with van der Waals surface area (Å²) in [6.45, 7) is 0. The van der Waals surface area contributed by atoms with E-state index in [2.05, 4.69) is 0 Å². The van der Waals surface area contributed by atoms with E-state index < -0.39 is 23.9 Å². The zero-order valence-corrected chi connectivity index (χ0v) is 5.86. The number of carboxylic acids is 1. The average Bonchev–Trinajstić information content (AvgIpc) is 2.30. The van der Waals surface area contributed by atoms with Crippen LogP contribution in [0.5, 0.6) is 0 Å². The predicted molar refractivity (Wildman–Crippen MR) is 35.6 cm³/mol. The highest BCUT2D eigenvalue weighted by Crippen LogP contribution is 2.30. The van der Waals surface area contributed by atoms with Gasteiger partial charge in [-0.2, -0.15) is 0 Å². The fourth-order valence-electron chi connectivity index (χ4n) is 1.41. The van der Waals surface area contributed by atoms with Gasteiger partial charge in [-0.1, -0.05) is 0 Å². The lowest BCUT2D eigenvalue weighted by molar-refractivity contribution is -0.142. The summed E-state index contributed by atoms with van der Waals surface area (Å²) >= 11 is 0. The van der Waals surface area contributed by atoms with Gasteiger partial charge in [0.1, 0.15) is 0 Å². The highest BCUT2D eigenvalue weighted by Gasteiger charge is 2.38. The molecular weight excluding hydrogens is 148 g/mol. The Morgan fingerprint density at radius 1 is 1.45 bits per heavy atom. The first kappa shape index (κ1) is 8.20. The molecule has 0 bridgehead atoms. The van der Waals surface area contributed by atoms with Crippen LogP contribution >= 0.6 is 0 Å². The van der Waals surface area contributed by atoms with Gasteiger partial charge in [0.25, 0.3) is 0 Å². The Bertz CT molecular complexity index is 177. The minimum atomic E-state index is -1.02. The van der Waals surface area contributed by atoms with E-state index in [1.807, 2.05) is 0 Å². The molecule has 0 aromatic carbocycles. The lowest BCUT2D eigenvalue weighted by Gasteiger charge is -2.04. The van der Waals surface area contributed by atoms with E-state index in [0.717, 1.165) is 0 Å². The summed E-state index contributed by atoms with van der Waals surface area (Å²) < 4.78 is 0. The molecule has 3 atom stereocenters. The first-order valence-electron chi connectivity index (χ1n) is 3.43. The van der Waals surface area contributed by atoms with E-state index in [4.69, 9.17) is 10.2 Å². The van der Waals surface area contributed by atoms with Crippen LogP contribution in [0.1, 0.15) is 12.8 Å². The second-order valence-electron chi connectivity index (χ2n) is 2.79. The molecule has 3 unspecified atom stereocenters. The van der Waals surface area contributed by atoms with Gasteiger partial charge in [0.2, 0.25) is 6.29 Å². The number of hydrogen-bond acceptors (Lipinski definition) is 3. The Balaban J connectivity index is 2.64. The lowest BCUT2D eigenvalue weighted by atomic mass is 9.98. The minimum Gasteiger partial charge on any atom is -0.481 e. The first-order chi connectivity index (χ1) is 5.15. The Morgan fingerprint density at radius 2 is 2.09 bits per heavy atom. The number of carbonyl (C=O) groups is 1. The highest BCUT2D eigenvalue weighted by atomic mass is 16.4. The summed E-state index contributed by atoms with van der Waals surface area (Å²) in [7, 11) is 0. The predicted octanol–water partition coefficient (Wildman–Crippen LogP) is -0.432. The van der Waals surface area contributed by atoms with E-state index >= 15 is 0 Å². The molecule has 0 aromatic heterocycles. The number of aliphatic hydroxyl groups excluding tert-OH is 1. The summed E-state index contributed by atoms with van der Waals surface area (Å²) in [4.78, 5) is 20.6. The molecule has 0 heterocycles. The topological polar surface area (TPSA) is 74.6 Å². The van der Waals surface area contributed by atoms with Gasteiger partial charge in [-0.05, 0) is 12.8 Å². The van der Waals surface area contributed by atoms with Crippen molar-refractivity contribution < 1.29 is 19.8 Å². The molecule has 1 fully saturated rings. The molecule has 0 amide bonds. The second-order valence-corrected chi connectivity index (χ2v) is 2.79. The third kappa shape index (κ3) is 1.57. The molecule has 4 nitrogen and oxygen atoms in total. The van der Waals surface area contributed by atoms with Crippen LogP contribution in [0.15, 0.2) is 0 Å². The molecule has 0 spiro atoms. The van der Waals surface area contributed by atoms with Crippen LogP contribution in [0.25, 0.3) is 0 Å². The zero-order valence-electron chi connectivity index (χ0n) is 5.86. The van der Waals surface area contributed by atoms with Crippen LogP contribution in [-0.2, 0) is 9.59 Å². The van der Waals surface area contributed by atoms with E-state index in [0.29, 0.717) is 0 Å². The molecule has 1 rings (SSSR count). The fraction of sp³-hybridized carbons (Fsp3) is 0.714. The third-order valence-electron chi connectivity index (χ3n) is 2.01. The van der Waals surface area contributed by atoms with E-state index in [9.17, 15) is 9.59 Å². The van der Waals surface area contributed by atoms with Crippen molar-refractivity contribution in [2.45, 2.75) is 18.9 Å². The monoisotopic (exact) mass is 157 g/mol. The van der Waals surface area contributed by atoms with Crippen molar-refractivity contribution in [2.75, 3.05) is 0 Å². The number of aliphatic carboxylic acids is 1. The van der Waals surface area contributed by atoms with Crippen LogP contribution in [-0.4, -0.2) is 28.6 Å². The zero-order chi connectivity index (χ0) is 8.43. The van der Waals surface area contributed by atoms with Gasteiger partial charge in [-0.25, -0.2) is 0 Å². The fourth-order valence-corrected chi connectivity index (χ4v) is 1.41.